The third kappa shape index (κ3) is 0.812. The molecule has 0 spiro atoms. The quantitative estimate of drug-likeness (QED) is 0.574. The van der Waals surface area contributed by atoms with Crippen molar-refractivity contribution in [2.75, 3.05) is 11.5 Å². The molecule has 62 valence electrons. The molecule has 0 aliphatic heterocycles. The molecule has 1 aromatic heterocycles. The lowest BCUT2D eigenvalue weighted by Gasteiger charge is -1.95. The average Bonchev–Trinajstić information content (AvgIpc) is 2.33. The highest BCUT2D eigenvalue weighted by Crippen LogP contribution is 2.26. The van der Waals surface area contributed by atoms with Crippen LogP contribution in [0.15, 0.2) is 16.7 Å². The van der Waals surface area contributed by atoms with Crippen LogP contribution in [0.2, 0.25) is 0 Å². The van der Waals surface area contributed by atoms with Crippen LogP contribution in [-0.2, 0) is 0 Å². The molecule has 0 fully saturated rings. The van der Waals surface area contributed by atoms with Gasteiger partial charge in [0.25, 0.3) is 0 Å². The maximum atomic E-state index is 5.68. The SMILES string of the molecule is Cc1cc(N)c2onc(N)c2c1. The summed E-state index contributed by atoms with van der Waals surface area (Å²) in [5, 5.41) is 4.41. The van der Waals surface area contributed by atoms with Crippen molar-refractivity contribution in [2.24, 2.45) is 0 Å². The Morgan fingerprint density at radius 3 is 2.83 bits per heavy atom. The molecule has 0 aliphatic carbocycles. The van der Waals surface area contributed by atoms with Crippen molar-refractivity contribution in [1.29, 1.82) is 0 Å². The third-order valence-corrected chi connectivity index (χ3v) is 1.77. The van der Waals surface area contributed by atoms with Gasteiger partial charge in [-0.15, -0.1) is 0 Å². The van der Waals surface area contributed by atoms with Crippen LogP contribution in [0.5, 0.6) is 0 Å². The van der Waals surface area contributed by atoms with E-state index in [2.05, 4.69) is 5.16 Å². The number of fused-ring (bicyclic) bond motifs is 1. The van der Waals surface area contributed by atoms with Crippen molar-refractivity contribution in [2.45, 2.75) is 6.92 Å². The maximum absolute atomic E-state index is 5.68. The molecule has 0 aliphatic rings. The van der Waals surface area contributed by atoms with Crippen LogP contribution in [0.3, 0.4) is 0 Å². The van der Waals surface area contributed by atoms with E-state index in [0.29, 0.717) is 17.1 Å². The molecule has 0 saturated carbocycles. The van der Waals surface area contributed by atoms with Crippen LogP contribution < -0.4 is 11.5 Å². The van der Waals surface area contributed by atoms with Crippen LogP contribution in [0.4, 0.5) is 11.5 Å². The zero-order chi connectivity index (χ0) is 8.72. The molecule has 0 radical (unpaired) electrons. The summed E-state index contributed by atoms with van der Waals surface area (Å²) < 4.78 is 4.93. The Hall–Kier alpha value is -1.71. The summed E-state index contributed by atoms with van der Waals surface area (Å²) in [5.74, 6) is 0.389. The van der Waals surface area contributed by atoms with Crippen LogP contribution >= 0.6 is 0 Å². The first-order valence-electron chi connectivity index (χ1n) is 3.59. The van der Waals surface area contributed by atoms with Crippen molar-refractivity contribution in [3.05, 3.63) is 17.7 Å². The molecule has 4 nitrogen and oxygen atoms in total. The Morgan fingerprint density at radius 1 is 1.33 bits per heavy atom. The molecule has 1 aromatic carbocycles. The summed E-state index contributed by atoms with van der Waals surface area (Å²) in [6, 6.07) is 3.73. The topological polar surface area (TPSA) is 78.1 Å². The van der Waals surface area contributed by atoms with Gasteiger partial charge in [-0.1, -0.05) is 5.16 Å². The Bertz CT molecular complexity index is 433. The molecule has 0 atom stereocenters. The van der Waals surface area contributed by atoms with Gasteiger partial charge in [0.15, 0.2) is 11.4 Å². The molecule has 2 aromatic rings. The number of aromatic nitrogens is 1. The van der Waals surface area contributed by atoms with E-state index in [9.17, 15) is 0 Å². The number of hydrogen-bond donors (Lipinski definition) is 2. The molecule has 0 saturated heterocycles. The molecular formula is C8H9N3O. The van der Waals surface area contributed by atoms with Gasteiger partial charge in [-0.05, 0) is 24.6 Å². The van der Waals surface area contributed by atoms with Crippen LogP contribution in [0, 0.1) is 6.92 Å². The second-order valence-electron chi connectivity index (χ2n) is 2.80. The van der Waals surface area contributed by atoms with Gasteiger partial charge in [0.2, 0.25) is 0 Å². The standard InChI is InChI=1S/C8H9N3O/c1-4-2-5-7(6(9)3-4)12-11-8(5)10/h2-3H,9H2,1H3,(H2,10,11). The number of nitrogens with two attached hydrogens (primary N) is 2. The third-order valence-electron chi connectivity index (χ3n) is 1.77. The fourth-order valence-electron chi connectivity index (χ4n) is 1.24. The van der Waals surface area contributed by atoms with E-state index in [1.54, 1.807) is 0 Å². The molecule has 0 unspecified atom stereocenters. The smallest absolute Gasteiger partial charge is 0.191 e. The number of benzene rings is 1. The minimum atomic E-state index is 0.389. The molecule has 2 rings (SSSR count). The number of rotatable bonds is 0. The summed E-state index contributed by atoms with van der Waals surface area (Å²) in [6.45, 7) is 1.95. The van der Waals surface area contributed by atoms with E-state index in [1.165, 1.54) is 0 Å². The van der Waals surface area contributed by atoms with Crippen molar-refractivity contribution in [3.8, 4) is 0 Å². The predicted octanol–water partition coefficient (Wildman–Crippen LogP) is 1.30. The first kappa shape index (κ1) is 6.97. The normalized spacial score (nSPS) is 10.8. The summed E-state index contributed by atoms with van der Waals surface area (Å²) in [6.07, 6.45) is 0. The van der Waals surface area contributed by atoms with Gasteiger partial charge in [-0.25, -0.2) is 0 Å². The zero-order valence-electron chi connectivity index (χ0n) is 6.66. The van der Waals surface area contributed by atoms with Crippen molar-refractivity contribution < 1.29 is 4.52 Å². The lowest BCUT2D eigenvalue weighted by molar-refractivity contribution is 0.461. The van der Waals surface area contributed by atoms with E-state index in [4.69, 9.17) is 16.0 Å². The number of hydrogen-bond acceptors (Lipinski definition) is 4. The summed E-state index contributed by atoms with van der Waals surface area (Å²) in [4.78, 5) is 0. The van der Waals surface area contributed by atoms with Gasteiger partial charge in [-0.2, -0.15) is 0 Å². The summed E-state index contributed by atoms with van der Waals surface area (Å²) in [7, 11) is 0. The molecule has 1 heterocycles. The number of anilines is 2. The van der Waals surface area contributed by atoms with E-state index in [0.717, 1.165) is 10.9 Å². The second-order valence-corrected chi connectivity index (χ2v) is 2.80. The molecule has 4 heteroatoms. The van der Waals surface area contributed by atoms with E-state index < -0.39 is 0 Å². The monoisotopic (exact) mass is 163 g/mol. The fraction of sp³-hybridized carbons (Fsp3) is 0.125. The zero-order valence-corrected chi connectivity index (χ0v) is 6.66. The fourth-order valence-corrected chi connectivity index (χ4v) is 1.24. The molecule has 0 amide bonds. The number of nitrogen functional groups attached to an aromatic ring is 2. The largest absolute Gasteiger partial charge is 0.396 e. The van der Waals surface area contributed by atoms with Gasteiger partial charge in [0.05, 0.1) is 11.1 Å². The first-order chi connectivity index (χ1) is 5.68. The summed E-state index contributed by atoms with van der Waals surface area (Å²) >= 11 is 0. The van der Waals surface area contributed by atoms with Gasteiger partial charge in [-0.3, -0.25) is 0 Å². The summed E-state index contributed by atoms with van der Waals surface area (Å²) in [5.41, 5.74) is 13.4. The minimum absolute atomic E-state index is 0.389. The lowest BCUT2D eigenvalue weighted by Crippen LogP contribution is -1.88. The highest BCUT2D eigenvalue weighted by atomic mass is 16.5. The van der Waals surface area contributed by atoms with Crippen molar-refractivity contribution in [3.63, 3.8) is 0 Å². The highest BCUT2D eigenvalue weighted by molar-refractivity contribution is 5.94. The molecule has 12 heavy (non-hydrogen) atoms. The predicted molar refractivity (Wildman–Crippen MR) is 47.6 cm³/mol. The Morgan fingerprint density at radius 2 is 2.08 bits per heavy atom. The lowest BCUT2D eigenvalue weighted by atomic mass is 10.1. The van der Waals surface area contributed by atoms with Crippen LogP contribution in [0.25, 0.3) is 11.0 Å². The van der Waals surface area contributed by atoms with Gasteiger partial charge in [0, 0.05) is 0 Å². The molecular weight excluding hydrogens is 154 g/mol. The first-order valence-corrected chi connectivity index (χ1v) is 3.59. The van der Waals surface area contributed by atoms with Crippen molar-refractivity contribution >= 4 is 22.5 Å². The average molecular weight is 163 g/mol. The highest BCUT2D eigenvalue weighted by Gasteiger charge is 2.07. The maximum Gasteiger partial charge on any atom is 0.191 e. The Kier molecular flexibility index (Phi) is 1.24. The molecule has 4 N–H and O–H groups in total. The van der Waals surface area contributed by atoms with Crippen LogP contribution in [0.1, 0.15) is 5.56 Å². The minimum Gasteiger partial charge on any atom is -0.396 e. The van der Waals surface area contributed by atoms with Crippen LogP contribution in [-0.4, -0.2) is 5.16 Å². The van der Waals surface area contributed by atoms with E-state index in [-0.39, 0.29) is 0 Å². The van der Waals surface area contributed by atoms with Gasteiger partial charge >= 0.3 is 0 Å². The molecule has 0 bridgehead atoms. The number of aryl methyl sites for hydroxylation is 1. The van der Waals surface area contributed by atoms with E-state index >= 15 is 0 Å². The number of nitrogens with zero attached hydrogens (tertiary/aromatic N) is 1. The van der Waals surface area contributed by atoms with Gasteiger partial charge in [0.1, 0.15) is 0 Å². The second kappa shape index (κ2) is 2.14. The Labute approximate surface area is 69.1 Å². The van der Waals surface area contributed by atoms with Gasteiger partial charge < -0.3 is 16.0 Å². The Balaban J connectivity index is 2.92. The van der Waals surface area contributed by atoms with E-state index in [1.807, 2.05) is 19.1 Å². The van der Waals surface area contributed by atoms with Crippen molar-refractivity contribution in [1.82, 2.24) is 5.16 Å².